The van der Waals surface area contributed by atoms with Crippen LogP contribution in [0.1, 0.15) is 29.5 Å². The molecule has 5 nitrogen and oxygen atoms in total. The first-order valence-electron chi connectivity index (χ1n) is 10.3. The van der Waals surface area contributed by atoms with Gasteiger partial charge < -0.3 is 10.1 Å². The summed E-state index contributed by atoms with van der Waals surface area (Å²) < 4.78 is 33.9. The molecular weight excluding hydrogens is 408 g/mol. The van der Waals surface area contributed by atoms with Crippen molar-refractivity contribution in [2.75, 3.05) is 17.1 Å². The lowest BCUT2D eigenvalue weighted by atomic mass is 9.77. The molecule has 1 aliphatic heterocycles. The van der Waals surface area contributed by atoms with Gasteiger partial charge in [-0.05, 0) is 65.9 Å². The lowest BCUT2D eigenvalue weighted by Crippen LogP contribution is -2.29. The Morgan fingerprint density at radius 1 is 1.00 bits per heavy atom. The van der Waals surface area contributed by atoms with Gasteiger partial charge >= 0.3 is 0 Å². The molecule has 0 bridgehead atoms. The van der Waals surface area contributed by atoms with Crippen molar-refractivity contribution in [3.63, 3.8) is 0 Å². The number of hydrogen-bond acceptors (Lipinski definition) is 4. The number of ether oxygens (including phenoxy) is 1. The molecule has 31 heavy (non-hydrogen) atoms. The molecule has 0 amide bonds. The molecule has 6 heteroatoms. The van der Waals surface area contributed by atoms with E-state index in [1.54, 1.807) is 37.4 Å². The van der Waals surface area contributed by atoms with Gasteiger partial charge in [0.15, 0.2) is 0 Å². The molecule has 0 spiro atoms. The highest BCUT2D eigenvalue weighted by molar-refractivity contribution is 7.92. The Labute approximate surface area is 182 Å². The molecule has 158 valence electrons. The second-order valence-electron chi connectivity index (χ2n) is 7.97. The fourth-order valence-corrected chi connectivity index (χ4v) is 5.70. The van der Waals surface area contributed by atoms with Crippen LogP contribution >= 0.6 is 0 Å². The van der Waals surface area contributed by atoms with E-state index in [4.69, 9.17) is 4.74 Å². The number of sulfonamides is 1. The van der Waals surface area contributed by atoms with Gasteiger partial charge in [0.1, 0.15) is 5.75 Å². The summed E-state index contributed by atoms with van der Waals surface area (Å²) in [4.78, 5) is 0.265. The van der Waals surface area contributed by atoms with Crippen molar-refractivity contribution in [3.8, 4) is 5.75 Å². The fourth-order valence-electron chi connectivity index (χ4n) is 4.60. The second-order valence-corrected chi connectivity index (χ2v) is 9.65. The van der Waals surface area contributed by atoms with Gasteiger partial charge in [0.2, 0.25) is 0 Å². The van der Waals surface area contributed by atoms with Crippen molar-refractivity contribution in [1.29, 1.82) is 0 Å². The van der Waals surface area contributed by atoms with Crippen LogP contribution in [0.2, 0.25) is 0 Å². The molecule has 0 saturated carbocycles. The fraction of sp³-hybridized carbons (Fsp3) is 0.200. The number of benzene rings is 3. The van der Waals surface area contributed by atoms with E-state index in [1.807, 2.05) is 18.2 Å². The Bertz CT molecular complexity index is 1220. The zero-order chi connectivity index (χ0) is 21.4. The number of rotatable bonds is 5. The van der Waals surface area contributed by atoms with Gasteiger partial charge in [-0.1, -0.05) is 42.5 Å². The van der Waals surface area contributed by atoms with Crippen molar-refractivity contribution in [3.05, 3.63) is 96.1 Å². The number of fused-ring (bicyclic) bond motifs is 3. The number of allylic oxidation sites excluding steroid dienone is 2. The number of hydrogen-bond donors (Lipinski definition) is 2. The van der Waals surface area contributed by atoms with Gasteiger partial charge in [0.25, 0.3) is 10.0 Å². The monoisotopic (exact) mass is 432 g/mol. The summed E-state index contributed by atoms with van der Waals surface area (Å²) in [5.41, 5.74) is 3.78. The zero-order valence-corrected chi connectivity index (χ0v) is 18.0. The minimum atomic E-state index is -3.70. The number of methoxy groups -OCH3 is 1. The Morgan fingerprint density at radius 2 is 1.77 bits per heavy atom. The topological polar surface area (TPSA) is 67.4 Å². The van der Waals surface area contributed by atoms with Crippen molar-refractivity contribution in [1.82, 2.24) is 0 Å². The average Bonchev–Trinajstić information content (AvgIpc) is 3.29. The summed E-state index contributed by atoms with van der Waals surface area (Å²) in [6, 6.07) is 22.8. The van der Waals surface area contributed by atoms with Crippen molar-refractivity contribution in [2.24, 2.45) is 5.92 Å². The zero-order valence-electron chi connectivity index (χ0n) is 17.2. The lowest BCUT2D eigenvalue weighted by Gasteiger charge is -2.37. The molecule has 3 aromatic carbocycles. The van der Waals surface area contributed by atoms with Crippen LogP contribution in [0, 0.1) is 5.92 Å². The maximum absolute atomic E-state index is 13.0. The van der Waals surface area contributed by atoms with Gasteiger partial charge in [0.05, 0.1) is 18.0 Å². The van der Waals surface area contributed by atoms with Crippen LogP contribution < -0.4 is 14.8 Å². The minimum Gasteiger partial charge on any atom is -0.497 e. The molecule has 3 aromatic rings. The molecule has 0 radical (unpaired) electrons. The molecule has 1 aliphatic carbocycles. The highest BCUT2D eigenvalue weighted by atomic mass is 32.2. The van der Waals surface area contributed by atoms with Crippen LogP contribution in [-0.2, 0) is 10.0 Å². The highest BCUT2D eigenvalue weighted by Gasteiger charge is 2.38. The maximum Gasteiger partial charge on any atom is 0.261 e. The third-order valence-electron chi connectivity index (χ3n) is 6.15. The van der Waals surface area contributed by atoms with E-state index in [1.165, 1.54) is 5.56 Å². The van der Waals surface area contributed by atoms with E-state index in [0.717, 1.165) is 17.7 Å². The first-order valence-corrected chi connectivity index (χ1v) is 11.8. The molecule has 1 heterocycles. The Hall–Kier alpha value is -3.25. The van der Waals surface area contributed by atoms with Gasteiger partial charge in [-0.3, -0.25) is 4.72 Å². The minimum absolute atomic E-state index is 0.192. The lowest BCUT2D eigenvalue weighted by molar-refractivity contribution is 0.415. The van der Waals surface area contributed by atoms with Gasteiger partial charge in [-0.25, -0.2) is 8.42 Å². The molecule has 5 rings (SSSR count). The van der Waals surface area contributed by atoms with Gasteiger partial charge in [0, 0.05) is 17.3 Å². The first kappa shape index (κ1) is 19.7. The van der Waals surface area contributed by atoms with E-state index in [0.29, 0.717) is 17.4 Å². The summed E-state index contributed by atoms with van der Waals surface area (Å²) in [6.07, 6.45) is 5.39. The normalized spacial score (nSPS) is 21.6. The standard InChI is InChI=1S/C25H24N2O3S/c1-30-19-12-10-18(11-13-19)27-31(28,29)20-14-15-24-23(16-20)21-8-5-9-22(21)25(26-24)17-6-3-2-4-7-17/h2-8,10-16,21-22,25-27H,9H2,1H3. The van der Waals surface area contributed by atoms with E-state index < -0.39 is 10.0 Å². The quantitative estimate of drug-likeness (QED) is 0.535. The molecule has 2 N–H and O–H groups in total. The van der Waals surface area contributed by atoms with E-state index in [2.05, 4.69) is 46.5 Å². The molecule has 0 fully saturated rings. The highest BCUT2D eigenvalue weighted by Crippen LogP contribution is 2.50. The molecule has 0 saturated heterocycles. The van der Waals surface area contributed by atoms with Crippen molar-refractivity contribution < 1.29 is 13.2 Å². The smallest absolute Gasteiger partial charge is 0.261 e. The summed E-state index contributed by atoms with van der Waals surface area (Å²) in [6.45, 7) is 0. The predicted molar refractivity (Wildman–Crippen MR) is 123 cm³/mol. The Kier molecular flexibility index (Phi) is 4.94. The third kappa shape index (κ3) is 3.68. The summed E-state index contributed by atoms with van der Waals surface area (Å²) in [5, 5.41) is 3.66. The van der Waals surface area contributed by atoms with Crippen LogP contribution in [0.4, 0.5) is 11.4 Å². The molecule has 2 aliphatic rings. The van der Waals surface area contributed by atoms with Crippen LogP contribution in [0.15, 0.2) is 89.8 Å². The van der Waals surface area contributed by atoms with E-state index in [-0.39, 0.29) is 16.9 Å². The molecule has 3 unspecified atom stereocenters. The summed E-state index contributed by atoms with van der Waals surface area (Å²) in [5.74, 6) is 1.23. The second kappa shape index (κ2) is 7.78. The van der Waals surface area contributed by atoms with Crippen LogP contribution in [0.3, 0.4) is 0 Å². The van der Waals surface area contributed by atoms with Crippen molar-refractivity contribution in [2.45, 2.75) is 23.3 Å². The SMILES string of the molecule is COc1ccc(NS(=O)(=O)c2ccc3c(c2)C2C=CCC2C(c2ccccc2)N3)cc1. The van der Waals surface area contributed by atoms with Crippen LogP contribution in [-0.4, -0.2) is 15.5 Å². The first-order chi connectivity index (χ1) is 15.0. The largest absolute Gasteiger partial charge is 0.497 e. The molecule has 3 atom stereocenters. The number of nitrogens with one attached hydrogen (secondary N) is 2. The molecule has 0 aromatic heterocycles. The Balaban J connectivity index is 1.46. The van der Waals surface area contributed by atoms with Crippen LogP contribution in [0.5, 0.6) is 5.75 Å². The van der Waals surface area contributed by atoms with E-state index >= 15 is 0 Å². The average molecular weight is 433 g/mol. The van der Waals surface area contributed by atoms with Crippen molar-refractivity contribution >= 4 is 21.4 Å². The molecular formula is C25H24N2O3S. The number of anilines is 2. The van der Waals surface area contributed by atoms with Gasteiger partial charge in [-0.15, -0.1) is 0 Å². The summed E-state index contributed by atoms with van der Waals surface area (Å²) in [7, 11) is -2.13. The predicted octanol–water partition coefficient (Wildman–Crippen LogP) is 5.32. The van der Waals surface area contributed by atoms with Gasteiger partial charge in [-0.2, -0.15) is 0 Å². The maximum atomic E-state index is 13.0. The summed E-state index contributed by atoms with van der Waals surface area (Å²) >= 11 is 0. The Morgan fingerprint density at radius 3 is 2.52 bits per heavy atom. The van der Waals surface area contributed by atoms with Crippen LogP contribution in [0.25, 0.3) is 0 Å². The third-order valence-corrected chi connectivity index (χ3v) is 7.52. The van der Waals surface area contributed by atoms with E-state index in [9.17, 15) is 8.42 Å².